The van der Waals surface area contributed by atoms with E-state index in [9.17, 15) is 9.59 Å². The first-order valence-electron chi connectivity index (χ1n) is 7.80. The van der Waals surface area contributed by atoms with Gasteiger partial charge in [0.1, 0.15) is 11.4 Å². The number of pyridine rings is 1. The van der Waals surface area contributed by atoms with E-state index in [-0.39, 0.29) is 31.4 Å². The van der Waals surface area contributed by atoms with Crippen molar-refractivity contribution in [2.24, 2.45) is 0 Å². The average molecular weight is 336 g/mol. The lowest BCUT2D eigenvalue weighted by atomic mass is 9.98. The lowest BCUT2D eigenvalue weighted by Crippen LogP contribution is -2.50. The lowest BCUT2D eigenvalue weighted by Gasteiger charge is -2.33. The third kappa shape index (κ3) is 4.21. The van der Waals surface area contributed by atoms with Crippen LogP contribution in [0.5, 0.6) is 0 Å². The number of amides is 2. The van der Waals surface area contributed by atoms with Gasteiger partial charge in [0.25, 0.3) is 5.91 Å². The monoisotopic (exact) mass is 336 g/mol. The summed E-state index contributed by atoms with van der Waals surface area (Å²) in [5.74, 6) is 0.323. The molecule has 24 heavy (non-hydrogen) atoms. The van der Waals surface area contributed by atoms with E-state index < -0.39 is 5.60 Å². The van der Waals surface area contributed by atoms with Crippen LogP contribution in [0, 0.1) is 0 Å². The third-order valence-corrected chi connectivity index (χ3v) is 4.09. The van der Waals surface area contributed by atoms with Crippen molar-refractivity contribution in [1.82, 2.24) is 15.2 Å². The number of anilines is 1. The fraction of sp³-hybridized carbons (Fsp3) is 0.562. The van der Waals surface area contributed by atoms with Gasteiger partial charge in [-0.3, -0.25) is 9.59 Å². The Labute approximate surface area is 141 Å². The minimum absolute atomic E-state index is 0.127. The van der Waals surface area contributed by atoms with Gasteiger partial charge >= 0.3 is 0 Å². The smallest absolute Gasteiger partial charge is 0.254 e. The Balaban J connectivity index is 2.21. The Morgan fingerprint density at radius 1 is 1.46 bits per heavy atom. The van der Waals surface area contributed by atoms with Gasteiger partial charge in [-0.2, -0.15) is 0 Å². The highest BCUT2D eigenvalue weighted by Gasteiger charge is 2.38. The lowest BCUT2D eigenvalue weighted by molar-refractivity contribution is -0.131. The molecule has 2 rings (SSSR count). The molecule has 8 heteroatoms. The topological polar surface area (TPSA) is 92.8 Å². The molecule has 1 aliphatic rings. The highest BCUT2D eigenvalue weighted by atomic mass is 16.5. The fourth-order valence-corrected chi connectivity index (χ4v) is 2.65. The number of nitrogens with zero attached hydrogens (tertiary/aromatic N) is 2. The van der Waals surface area contributed by atoms with Crippen LogP contribution in [0.3, 0.4) is 0 Å². The summed E-state index contributed by atoms with van der Waals surface area (Å²) in [4.78, 5) is 30.4. The summed E-state index contributed by atoms with van der Waals surface area (Å²) in [5, 5.41) is 5.50. The largest absolute Gasteiger partial charge is 0.377 e. The van der Waals surface area contributed by atoms with Gasteiger partial charge in [0.15, 0.2) is 0 Å². The third-order valence-electron chi connectivity index (χ3n) is 4.09. The Hall–Kier alpha value is -2.19. The van der Waals surface area contributed by atoms with Crippen LogP contribution >= 0.6 is 0 Å². The number of ether oxygens (including phenoxy) is 2. The van der Waals surface area contributed by atoms with Crippen LogP contribution in [0.2, 0.25) is 0 Å². The van der Waals surface area contributed by atoms with Crippen molar-refractivity contribution < 1.29 is 19.1 Å². The minimum Gasteiger partial charge on any atom is -0.377 e. The van der Waals surface area contributed by atoms with Gasteiger partial charge in [-0.15, -0.1) is 0 Å². The fourth-order valence-electron chi connectivity index (χ4n) is 2.65. The predicted octanol–water partition coefficient (Wildman–Crippen LogP) is 0.117. The van der Waals surface area contributed by atoms with Gasteiger partial charge in [0, 0.05) is 39.5 Å². The zero-order valence-electron chi connectivity index (χ0n) is 14.3. The molecule has 1 aromatic rings. The molecule has 0 unspecified atom stereocenters. The predicted molar refractivity (Wildman–Crippen MR) is 88.9 cm³/mol. The summed E-state index contributed by atoms with van der Waals surface area (Å²) < 4.78 is 11.2. The van der Waals surface area contributed by atoms with E-state index in [4.69, 9.17) is 9.47 Å². The summed E-state index contributed by atoms with van der Waals surface area (Å²) in [6.45, 7) is 1.38. The van der Waals surface area contributed by atoms with Crippen LogP contribution in [0.15, 0.2) is 18.3 Å². The molecule has 0 bridgehead atoms. The Morgan fingerprint density at radius 3 is 2.92 bits per heavy atom. The van der Waals surface area contributed by atoms with E-state index in [1.165, 1.54) is 7.11 Å². The molecule has 0 radical (unpaired) electrons. The maximum absolute atomic E-state index is 12.8. The molecule has 2 heterocycles. The SMILES string of the molecule is CNC(=O)C[C@]1(OC)COCCN(C(=O)c2ccnc(NC)c2)C1. The summed E-state index contributed by atoms with van der Waals surface area (Å²) in [5.41, 5.74) is -0.327. The number of carbonyl (C=O) groups excluding carboxylic acids is 2. The summed E-state index contributed by atoms with van der Waals surface area (Å²) in [6.07, 6.45) is 1.71. The van der Waals surface area contributed by atoms with E-state index in [0.29, 0.717) is 24.5 Å². The second-order valence-electron chi connectivity index (χ2n) is 5.70. The first-order valence-corrected chi connectivity index (χ1v) is 7.80. The van der Waals surface area contributed by atoms with Crippen LogP contribution in [-0.2, 0) is 14.3 Å². The van der Waals surface area contributed by atoms with Crippen molar-refractivity contribution in [1.29, 1.82) is 0 Å². The maximum atomic E-state index is 12.8. The molecule has 1 aromatic heterocycles. The van der Waals surface area contributed by atoms with Crippen LogP contribution < -0.4 is 10.6 Å². The van der Waals surface area contributed by atoms with Gasteiger partial charge in [-0.05, 0) is 12.1 Å². The van der Waals surface area contributed by atoms with E-state index in [1.54, 1.807) is 37.3 Å². The molecule has 0 saturated carbocycles. The van der Waals surface area contributed by atoms with Crippen LogP contribution in [0.1, 0.15) is 16.8 Å². The minimum atomic E-state index is -0.856. The molecule has 0 aliphatic carbocycles. The number of methoxy groups -OCH3 is 1. The number of aromatic nitrogens is 1. The molecular weight excluding hydrogens is 312 g/mol. The molecule has 8 nitrogen and oxygen atoms in total. The molecule has 2 amide bonds. The Kier molecular flexibility index (Phi) is 6.10. The second kappa shape index (κ2) is 8.07. The number of hydrogen-bond donors (Lipinski definition) is 2. The number of carbonyl (C=O) groups is 2. The van der Waals surface area contributed by atoms with Gasteiger partial charge in [0.05, 0.1) is 26.2 Å². The summed E-state index contributed by atoms with van der Waals surface area (Å²) >= 11 is 0. The van der Waals surface area contributed by atoms with Gasteiger partial charge in [-0.25, -0.2) is 4.98 Å². The number of rotatable bonds is 5. The van der Waals surface area contributed by atoms with Crippen LogP contribution in [-0.4, -0.2) is 74.8 Å². The Morgan fingerprint density at radius 2 is 2.25 bits per heavy atom. The summed E-state index contributed by atoms with van der Waals surface area (Å²) in [7, 11) is 4.85. The molecule has 2 N–H and O–H groups in total. The van der Waals surface area contributed by atoms with Crippen LogP contribution in [0.25, 0.3) is 0 Å². The Bertz CT molecular complexity index is 595. The highest BCUT2D eigenvalue weighted by molar-refractivity contribution is 5.95. The summed E-state index contributed by atoms with van der Waals surface area (Å²) in [6, 6.07) is 3.36. The molecule has 1 aliphatic heterocycles. The normalized spacial score (nSPS) is 21.0. The van der Waals surface area contributed by atoms with Crippen molar-refractivity contribution in [3.63, 3.8) is 0 Å². The van der Waals surface area contributed by atoms with Crippen LogP contribution in [0.4, 0.5) is 5.82 Å². The maximum Gasteiger partial charge on any atom is 0.254 e. The van der Waals surface area contributed by atoms with Gasteiger partial charge < -0.3 is 25.0 Å². The number of nitrogens with one attached hydrogen (secondary N) is 2. The van der Waals surface area contributed by atoms with Gasteiger partial charge in [-0.1, -0.05) is 0 Å². The number of hydrogen-bond acceptors (Lipinski definition) is 6. The van der Waals surface area contributed by atoms with E-state index in [1.807, 2.05) is 0 Å². The first-order chi connectivity index (χ1) is 11.5. The second-order valence-corrected chi connectivity index (χ2v) is 5.70. The molecule has 1 fully saturated rings. The van der Waals surface area contributed by atoms with Crippen molar-refractivity contribution in [2.45, 2.75) is 12.0 Å². The zero-order valence-corrected chi connectivity index (χ0v) is 14.3. The quantitative estimate of drug-likeness (QED) is 0.793. The van der Waals surface area contributed by atoms with E-state index >= 15 is 0 Å². The molecular formula is C16H24N4O4. The molecule has 1 atom stereocenters. The first kappa shape index (κ1) is 18.2. The standard InChI is InChI=1S/C16H24N4O4/c1-17-13-8-12(4-5-19-13)15(22)20-6-7-24-11-16(10-20,23-3)9-14(21)18-2/h4-5,8H,6-7,9-11H2,1-3H3,(H,17,19)(H,18,21)/t16-/m1/s1. The highest BCUT2D eigenvalue weighted by Crippen LogP contribution is 2.22. The molecule has 1 saturated heterocycles. The molecule has 132 valence electrons. The van der Waals surface area contributed by atoms with Crippen molar-refractivity contribution in [3.8, 4) is 0 Å². The van der Waals surface area contributed by atoms with Crippen molar-refractivity contribution in [2.75, 3.05) is 52.8 Å². The van der Waals surface area contributed by atoms with E-state index in [2.05, 4.69) is 15.6 Å². The molecule has 0 spiro atoms. The van der Waals surface area contributed by atoms with Crippen molar-refractivity contribution >= 4 is 17.6 Å². The van der Waals surface area contributed by atoms with Crippen molar-refractivity contribution in [3.05, 3.63) is 23.9 Å². The average Bonchev–Trinajstić information content (AvgIpc) is 2.84. The zero-order chi connectivity index (χ0) is 17.6. The molecule has 0 aromatic carbocycles. The van der Waals surface area contributed by atoms with E-state index in [0.717, 1.165) is 0 Å². The van der Waals surface area contributed by atoms with Gasteiger partial charge in [0.2, 0.25) is 5.91 Å².